The summed E-state index contributed by atoms with van der Waals surface area (Å²) in [5.74, 6) is 1.74. The Kier molecular flexibility index (Phi) is 6.77. The summed E-state index contributed by atoms with van der Waals surface area (Å²) >= 11 is 1.21. The second-order valence-corrected chi connectivity index (χ2v) is 7.38. The normalized spacial score (nSPS) is 10.8. The maximum absolute atomic E-state index is 12.8. The minimum Gasteiger partial charge on any atom is -0.497 e. The van der Waals surface area contributed by atoms with Crippen LogP contribution in [0.4, 0.5) is 5.69 Å². The number of para-hydroxylation sites is 1. The fourth-order valence-electron chi connectivity index (χ4n) is 2.83. The number of benzene rings is 2. The van der Waals surface area contributed by atoms with Crippen LogP contribution in [0.1, 0.15) is 13.8 Å². The van der Waals surface area contributed by atoms with Crippen LogP contribution in [0, 0.1) is 0 Å². The van der Waals surface area contributed by atoms with Crippen molar-refractivity contribution in [1.29, 1.82) is 0 Å². The lowest BCUT2D eigenvalue weighted by Gasteiger charge is -2.26. The van der Waals surface area contributed by atoms with Crippen molar-refractivity contribution in [1.82, 2.24) is 10.2 Å². The molecule has 0 saturated heterocycles. The van der Waals surface area contributed by atoms with Crippen LogP contribution in [0.3, 0.4) is 0 Å². The number of carbonyl (C=O) groups is 1. The second kappa shape index (κ2) is 9.47. The highest BCUT2D eigenvalue weighted by atomic mass is 32.2. The number of hydrogen-bond donors (Lipinski definition) is 0. The SMILES string of the molecule is COc1cc(OC)cc(-c2nnc(SCC(=O)N(c3ccccc3)C(C)C)o2)c1. The van der Waals surface area contributed by atoms with Gasteiger partial charge in [0.1, 0.15) is 11.5 Å². The van der Waals surface area contributed by atoms with Gasteiger partial charge in [0.05, 0.1) is 20.0 Å². The Hall–Kier alpha value is -3.00. The van der Waals surface area contributed by atoms with E-state index in [0.29, 0.717) is 28.2 Å². The van der Waals surface area contributed by atoms with E-state index in [1.54, 1.807) is 37.3 Å². The largest absolute Gasteiger partial charge is 0.497 e. The molecule has 3 aromatic rings. The Morgan fingerprint density at radius 2 is 1.72 bits per heavy atom. The van der Waals surface area contributed by atoms with Gasteiger partial charge in [-0.05, 0) is 38.1 Å². The van der Waals surface area contributed by atoms with E-state index >= 15 is 0 Å². The van der Waals surface area contributed by atoms with Crippen molar-refractivity contribution in [2.45, 2.75) is 25.1 Å². The van der Waals surface area contributed by atoms with Crippen molar-refractivity contribution in [3.63, 3.8) is 0 Å². The molecule has 0 atom stereocenters. The summed E-state index contributed by atoms with van der Waals surface area (Å²) in [6.07, 6.45) is 0. The van der Waals surface area contributed by atoms with Crippen molar-refractivity contribution >= 4 is 23.4 Å². The van der Waals surface area contributed by atoms with Crippen molar-refractivity contribution in [2.24, 2.45) is 0 Å². The first kappa shape index (κ1) is 20.7. The highest BCUT2D eigenvalue weighted by Crippen LogP contribution is 2.30. The summed E-state index contributed by atoms with van der Waals surface area (Å²) in [7, 11) is 3.15. The molecule has 7 nitrogen and oxygen atoms in total. The summed E-state index contributed by atoms with van der Waals surface area (Å²) in [4.78, 5) is 14.5. The summed E-state index contributed by atoms with van der Waals surface area (Å²) < 4.78 is 16.3. The number of carbonyl (C=O) groups excluding carboxylic acids is 1. The molecular weight excluding hydrogens is 390 g/mol. The monoisotopic (exact) mass is 413 g/mol. The number of aromatic nitrogens is 2. The summed E-state index contributed by atoms with van der Waals surface area (Å²) in [5.41, 5.74) is 1.54. The zero-order chi connectivity index (χ0) is 20.8. The van der Waals surface area contributed by atoms with Crippen LogP contribution in [0.2, 0.25) is 0 Å². The van der Waals surface area contributed by atoms with Gasteiger partial charge in [0.2, 0.25) is 11.8 Å². The van der Waals surface area contributed by atoms with Gasteiger partial charge in [-0.25, -0.2) is 0 Å². The number of anilines is 1. The molecule has 0 bridgehead atoms. The van der Waals surface area contributed by atoms with E-state index in [1.165, 1.54) is 11.8 Å². The molecule has 0 aliphatic carbocycles. The molecule has 1 amide bonds. The molecule has 0 spiro atoms. The minimum absolute atomic E-state index is 0.0287. The highest BCUT2D eigenvalue weighted by molar-refractivity contribution is 7.99. The van der Waals surface area contributed by atoms with Gasteiger partial charge in [-0.3, -0.25) is 4.79 Å². The molecule has 2 aromatic carbocycles. The van der Waals surface area contributed by atoms with Crippen LogP contribution >= 0.6 is 11.8 Å². The lowest BCUT2D eigenvalue weighted by molar-refractivity contribution is -0.116. The van der Waals surface area contributed by atoms with Crippen LogP contribution in [0.5, 0.6) is 11.5 Å². The topological polar surface area (TPSA) is 77.7 Å². The summed E-state index contributed by atoms with van der Waals surface area (Å²) in [6.45, 7) is 3.97. The van der Waals surface area contributed by atoms with Crippen LogP contribution < -0.4 is 14.4 Å². The molecule has 0 aliphatic rings. The number of rotatable bonds is 8. The fraction of sp³-hybridized carbons (Fsp3) is 0.286. The molecule has 29 heavy (non-hydrogen) atoms. The smallest absolute Gasteiger partial charge is 0.277 e. The van der Waals surface area contributed by atoms with Crippen molar-refractivity contribution in [2.75, 3.05) is 24.9 Å². The number of ether oxygens (including phenoxy) is 2. The molecule has 1 aromatic heterocycles. The van der Waals surface area contributed by atoms with Crippen LogP contribution in [-0.2, 0) is 4.79 Å². The van der Waals surface area contributed by atoms with E-state index in [9.17, 15) is 4.79 Å². The minimum atomic E-state index is -0.0287. The molecule has 0 fully saturated rings. The lowest BCUT2D eigenvalue weighted by atomic mass is 10.2. The van der Waals surface area contributed by atoms with Crippen molar-refractivity contribution in [3.8, 4) is 23.0 Å². The predicted octanol–water partition coefficient (Wildman–Crippen LogP) is 4.29. The molecular formula is C21H23N3O4S. The van der Waals surface area contributed by atoms with Gasteiger partial charge in [-0.15, -0.1) is 10.2 Å². The third-order valence-electron chi connectivity index (χ3n) is 4.14. The van der Waals surface area contributed by atoms with E-state index in [4.69, 9.17) is 13.9 Å². The number of methoxy groups -OCH3 is 2. The molecule has 0 N–H and O–H groups in total. The van der Waals surface area contributed by atoms with E-state index in [2.05, 4.69) is 10.2 Å². The van der Waals surface area contributed by atoms with Gasteiger partial charge in [0.25, 0.3) is 5.22 Å². The maximum atomic E-state index is 12.8. The predicted molar refractivity (Wildman–Crippen MR) is 113 cm³/mol. The van der Waals surface area contributed by atoms with Crippen molar-refractivity contribution in [3.05, 3.63) is 48.5 Å². The zero-order valence-electron chi connectivity index (χ0n) is 16.8. The maximum Gasteiger partial charge on any atom is 0.277 e. The highest BCUT2D eigenvalue weighted by Gasteiger charge is 2.20. The van der Waals surface area contributed by atoms with Gasteiger partial charge in [-0.2, -0.15) is 0 Å². The Morgan fingerprint density at radius 3 is 2.31 bits per heavy atom. The first-order valence-corrected chi connectivity index (χ1v) is 10.1. The standard InChI is InChI=1S/C21H23N3O4S/c1-14(2)24(16-8-6-5-7-9-16)19(25)13-29-21-23-22-20(28-21)15-10-17(26-3)12-18(11-15)27-4/h5-12,14H,13H2,1-4H3. The summed E-state index contributed by atoms with van der Waals surface area (Å²) in [5, 5.41) is 8.45. The Labute approximate surface area is 174 Å². The third kappa shape index (κ3) is 5.08. The first-order chi connectivity index (χ1) is 14.0. The second-order valence-electron chi connectivity index (χ2n) is 6.46. The lowest BCUT2D eigenvalue weighted by Crippen LogP contribution is -2.38. The van der Waals surface area contributed by atoms with Gasteiger partial charge in [0, 0.05) is 23.4 Å². The van der Waals surface area contributed by atoms with Crippen LogP contribution in [0.25, 0.3) is 11.5 Å². The number of hydrogen-bond acceptors (Lipinski definition) is 7. The summed E-state index contributed by atoms with van der Waals surface area (Å²) in [6, 6.07) is 15.0. The average molecular weight is 413 g/mol. The van der Waals surface area contributed by atoms with Gasteiger partial charge < -0.3 is 18.8 Å². The number of thioether (sulfide) groups is 1. The Balaban J connectivity index is 1.71. The molecule has 0 unspecified atom stereocenters. The van der Waals surface area contributed by atoms with Crippen LogP contribution in [-0.4, -0.2) is 42.1 Å². The molecule has 8 heteroatoms. The molecule has 0 radical (unpaired) electrons. The Bertz CT molecular complexity index is 937. The third-order valence-corrected chi connectivity index (χ3v) is 4.95. The first-order valence-electron chi connectivity index (χ1n) is 9.08. The Morgan fingerprint density at radius 1 is 1.07 bits per heavy atom. The number of nitrogens with zero attached hydrogens (tertiary/aromatic N) is 3. The van der Waals surface area contributed by atoms with Gasteiger partial charge >= 0.3 is 0 Å². The quantitative estimate of drug-likeness (QED) is 0.510. The zero-order valence-corrected chi connectivity index (χ0v) is 17.6. The van der Waals surface area contributed by atoms with E-state index in [-0.39, 0.29) is 17.7 Å². The van der Waals surface area contributed by atoms with Crippen molar-refractivity contribution < 1.29 is 18.7 Å². The van der Waals surface area contributed by atoms with Gasteiger partial charge in [0.15, 0.2) is 0 Å². The molecule has 0 aliphatic heterocycles. The molecule has 3 rings (SSSR count). The van der Waals surface area contributed by atoms with E-state index < -0.39 is 0 Å². The molecule has 0 saturated carbocycles. The molecule has 152 valence electrons. The fourth-order valence-corrected chi connectivity index (χ4v) is 3.45. The van der Waals surface area contributed by atoms with Gasteiger partial charge in [-0.1, -0.05) is 30.0 Å². The number of amides is 1. The molecule has 1 heterocycles. The van der Waals surface area contributed by atoms with E-state index in [1.807, 2.05) is 44.2 Å². The van der Waals surface area contributed by atoms with Crippen LogP contribution in [0.15, 0.2) is 58.2 Å². The van der Waals surface area contributed by atoms with E-state index in [0.717, 1.165) is 5.69 Å². The average Bonchev–Trinajstić information content (AvgIpc) is 3.21.